The lowest BCUT2D eigenvalue weighted by Crippen LogP contribution is -2.39. The van der Waals surface area contributed by atoms with E-state index >= 15 is 0 Å². The Kier molecular flexibility index (Phi) is 4.26. The average Bonchev–Trinajstić information content (AvgIpc) is 2.28. The Morgan fingerprint density at radius 2 is 2.21 bits per heavy atom. The lowest BCUT2D eigenvalue weighted by Gasteiger charge is -2.35. The smallest absolute Gasteiger partial charge is 0.147 e. The Morgan fingerprint density at radius 3 is 2.89 bits per heavy atom. The van der Waals surface area contributed by atoms with Gasteiger partial charge in [0.05, 0.1) is 18.0 Å². The van der Waals surface area contributed by atoms with E-state index in [9.17, 15) is 8.42 Å². The van der Waals surface area contributed by atoms with Crippen molar-refractivity contribution in [3.63, 3.8) is 0 Å². The Bertz CT molecular complexity index is 559. The van der Waals surface area contributed by atoms with Crippen LogP contribution in [0.2, 0.25) is 5.02 Å². The molecular weight excluding hydrogens is 286 g/mol. The highest BCUT2D eigenvalue weighted by Crippen LogP contribution is 2.35. The van der Waals surface area contributed by atoms with E-state index in [1.807, 2.05) is 19.1 Å². The van der Waals surface area contributed by atoms with Crippen LogP contribution < -0.4 is 9.64 Å². The second kappa shape index (κ2) is 5.59. The minimum atomic E-state index is -2.91. The van der Waals surface area contributed by atoms with Crippen LogP contribution in [0.25, 0.3) is 0 Å². The number of halogens is 1. The van der Waals surface area contributed by atoms with E-state index in [0.29, 0.717) is 18.0 Å². The molecular formula is C13H18ClNO3S. The molecule has 1 aromatic rings. The van der Waals surface area contributed by atoms with Crippen LogP contribution >= 0.6 is 11.6 Å². The predicted molar refractivity (Wildman–Crippen MR) is 78.1 cm³/mol. The first-order chi connectivity index (χ1) is 8.85. The summed E-state index contributed by atoms with van der Waals surface area (Å²) in [5, 5.41) is 0.657. The number of fused-ring (bicyclic) bond motifs is 1. The quantitative estimate of drug-likeness (QED) is 0.857. The minimum Gasteiger partial charge on any atom is -0.487 e. The first-order valence-corrected chi connectivity index (χ1v) is 8.68. The number of benzene rings is 1. The number of ether oxygens (including phenoxy) is 1. The van der Waals surface area contributed by atoms with Gasteiger partial charge in [0.25, 0.3) is 0 Å². The Morgan fingerprint density at radius 1 is 1.47 bits per heavy atom. The molecule has 0 spiro atoms. The van der Waals surface area contributed by atoms with Crippen molar-refractivity contribution in [1.82, 2.24) is 0 Å². The molecule has 106 valence electrons. The highest BCUT2D eigenvalue weighted by Gasteiger charge is 2.23. The van der Waals surface area contributed by atoms with Crippen LogP contribution in [0, 0.1) is 0 Å². The van der Waals surface area contributed by atoms with E-state index < -0.39 is 9.84 Å². The summed E-state index contributed by atoms with van der Waals surface area (Å²) in [6, 6.07) is 5.52. The molecule has 0 saturated carbocycles. The first-order valence-electron chi connectivity index (χ1n) is 6.24. The molecule has 4 nitrogen and oxygen atoms in total. The molecule has 6 heteroatoms. The van der Waals surface area contributed by atoms with Crippen LogP contribution in [-0.4, -0.2) is 39.6 Å². The number of anilines is 1. The van der Waals surface area contributed by atoms with Gasteiger partial charge in [-0.15, -0.1) is 0 Å². The SMILES string of the molecule is C[C@H]1CN(CCCS(C)(=O)=O)c2cc(Cl)ccc2O1. The molecule has 19 heavy (non-hydrogen) atoms. The van der Waals surface area contributed by atoms with Gasteiger partial charge in [0.1, 0.15) is 21.7 Å². The fourth-order valence-corrected chi connectivity index (χ4v) is 3.05. The Hall–Kier alpha value is -0.940. The summed E-state index contributed by atoms with van der Waals surface area (Å²) in [6.45, 7) is 3.44. The molecule has 0 amide bonds. The molecule has 0 bridgehead atoms. The van der Waals surface area contributed by atoms with E-state index in [2.05, 4.69) is 4.90 Å². The number of rotatable bonds is 4. The molecule has 0 aromatic heterocycles. The van der Waals surface area contributed by atoms with Crippen LogP contribution in [-0.2, 0) is 9.84 Å². The van der Waals surface area contributed by atoms with Crippen LogP contribution in [0.15, 0.2) is 18.2 Å². The molecule has 1 aliphatic rings. The maximum Gasteiger partial charge on any atom is 0.147 e. The summed E-state index contributed by atoms with van der Waals surface area (Å²) in [6.07, 6.45) is 1.96. The number of nitrogens with zero attached hydrogens (tertiary/aromatic N) is 1. The molecule has 0 N–H and O–H groups in total. The molecule has 1 aromatic carbocycles. The zero-order chi connectivity index (χ0) is 14.0. The zero-order valence-electron chi connectivity index (χ0n) is 11.1. The summed E-state index contributed by atoms with van der Waals surface area (Å²) in [7, 11) is -2.91. The van der Waals surface area contributed by atoms with Crippen molar-refractivity contribution >= 4 is 27.1 Å². The highest BCUT2D eigenvalue weighted by atomic mass is 35.5. The molecule has 1 aliphatic heterocycles. The summed E-state index contributed by atoms with van der Waals surface area (Å²) in [5.74, 6) is 1.01. The third-order valence-corrected chi connectivity index (χ3v) is 4.28. The van der Waals surface area contributed by atoms with Gasteiger partial charge in [-0.05, 0) is 31.5 Å². The van der Waals surface area contributed by atoms with E-state index in [0.717, 1.165) is 18.0 Å². The standard InChI is InChI=1S/C13H18ClNO3S/c1-10-9-15(6-3-7-19(2,16)17)12-8-11(14)4-5-13(12)18-10/h4-5,8,10H,3,6-7,9H2,1-2H3/t10-/m0/s1. The van der Waals surface area contributed by atoms with Crippen LogP contribution in [0.1, 0.15) is 13.3 Å². The monoisotopic (exact) mass is 303 g/mol. The predicted octanol–water partition coefficient (Wildman–Crippen LogP) is 2.36. The first kappa shape index (κ1) is 14.5. The summed E-state index contributed by atoms with van der Waals surface area (Å²) < 4.78 is 28.1. The van der Waals surface area contributed by atoms with Crippen molar-refractivity contribution in [2.75, 3.05) is 30.0 Å². The fraction of sp³-hybridized carbons (Fsp3) is 0.538. The van der Waals surface area contributed by atoms with Gasteiger partial charge in [0.2, 0.25) is 0 Å². The van der Waals surface area contributed by atoms with Gasteiger partial charge in [-0.25, -0.2) is 8.42 Å². The second-order valence-electron chi connectivity index (χ2n) is 4.97. The molecule has 1 heterocycles. The molecule has 0 aliphatic carbocycles. The van der Waals surface area contributed by atoms with E-state index in [1.165, 1.54) is 6.26 Å². The van der Waals surface area contributed by atoms with Gasteiger partial charge in [-0.1, -0.05) is 11.6 Å². The third-order valence-electron chi connectivity index (χ3n) is 3.01. The lowest BCUT2D eigenvalue weighted by atomic mass is 10.2. The van der Waals surface area contributed by atoms with E-state index in [-0.39, 0.29) is 11.9 Å². The molecule has 0 unspecified atom stereocenters. The Labute approximate surface area is 119 Å². The van der Waals surface area contributed by atoms with Gasteiger partial charge in [-0.3, -0.25) is 0 Å². The largest absolute Gasteiger partial charge is 0.487 e. The number of hydrogen-bond acceptors (Lipinski definition) is 4. The van der Waals surface area contributed by atoms with Crippen LogP contribution in [0.5, 0.6) is 5.75 Å². The van der Waals surface area contributed by atoms with Gasteiger partial charge in [0, 0.05) is 17.8 Å². The van der Waals surface area contributed by atoms with Crippen LogP contribution in [0.3, 0.4) is 0 Å². The fourth-order valence-electron chi connectivity index (χ4n) is 2.23. The van der Waals surface area contributed by atoms with Gasteiger partial charge < -0.3 is 9.64 Å². The molecule has 0 fully saturated rings. The summed E-state index contributed by atoms with van der Waals surface area (Å²) >= 11 is 6.01. The third kappa shape index (κ3) is 4.01. The van der Waals surface area contributed by atoms with E-state index in [4.69, 9.17) is 16.3 Å². The van der Waals surface area contributed by atoms with Gasteiger partial charge in [-0.2, -0.15) is 0 Å². The van der Waals surface area contributed by atoms with Gasteiger partial charge >= 0.3 is 0 Å². The Balaban J connectivity index is 2.11. The van der Waals surface area contributed by atoms with Crippen molar-refractivity contribution in [3.05, 3.63) is 23.2 Å². The van der Waals surface area contributed by atoms with Gasteiger partial charge in [0.15, 0.2) is 0 Å². The zero-order valence-corrected chi connectivity index (χ0v) is 12.7. The second-order valence-corrected chi connectivity index (χ2v) is 7.67. The molecule has 0 radical (unpaired) electrons. The maximum absolute atomic E-state index is 11.2. The van der Waals surface area contributed by atoms with Crippen molar-refractivity contribution in [3.8, 4) is 5.75 Å². The minimum absolute atomic E-state index is 0.0897. The normalized spacial score (nSPS) is 18.9. The number of sulfone groups is 1. The lowest BCUT2D eigenvalue weighted by molar-refractivity contribution is 0.212. The van der Waals surface area contributed by atoms with E-state index in [1.54, 1.807) is 6.07 Å². The van der Waals surface area contributed by atoms with Crippen molar-refractivity contribution < 1.29 is 13.2 Å². The van der Waals surface area contributed by atoms with Crippen LogP contribution in [0.4, 0.5) is 5.69 Å². The maximum atomic E-state index is 11.2. The van der Waals surface area contributed by atoms with Crippen molar-refractivity contribution in [1.29, 1.82) is 0 Å². The number of hydrogen-bond donors (Lipinski definition) is 0. The summed E-state index contributed by atoms with van der Waals surface area (Å²) in [5.41, 5.74) is 0.944. The topological polar surface area (TPSA) is 46.6 Å². The molecule has 2 rings (SSSR count). The molecule has 0 saturated heterocycles. The highest BCUT2D eigenvalue weighted by molar-refractivity contribution is 7.90. The summed E-state index contributed by atoms with van der Waals surface area (Å²) in [4.78, 5) is 2.14. The molecule has 1 atom stereocenters. The average molecular weight is 304 g/mol. The van der Waals surface area contributed by atoms with Crippen molar-refractivity contribution in [2.45, 2.75) is 19.4 Å². The van der Waals surface area contributed by atoms with Crippen molar-refractivity contribution in [2.24, 2.45) is 0 Å².